The van der Waals surface area contributed by atoms with Crippen molar-refractivity contribution in [2.45, 2.75) is 24.7 Å². The van der Waals surface area contributed by atoms with Crippen LogP contribution in [-0.2, 0) is 0 Å². The minimum absolute atomic E-state index is 0. The first-order valence-corrected chi connectivity index (χ1v) is 4.67. The normalized spacial score (nSPS) is 14.8. The van der Waals surface area contributed by atoms with Crippen LogP contribution in [0.1, 0.15) is 18.1 Å². The summed E-state index contributed by atoms with van der Waals surface area (Å²) in [6.07, 6.45) is -7.42. The Morgan fingerprint density at radius 2 is 1.78 bits per heavy atom. The molecule has 104 valence electrons. The number of hydrogen-bond acceptors (Lipinski definition) is 2. The Balaban J connectivity index is 0.00000289. The summed E-state index contributed by atoms with van der Waals surface area (Å²) in [5, 5.41) is 9.37. The van der Waals surface area contributed by atoms with Gasteiger partial charge >= 0.3 is 6.18 Å². The largest absolute Gasteiger partial charge is 0.403 e. The van der Waals surface area contributed by atoms with E-state index in [1.807, 2.05) is 0 Å². The van der Waals surface area contributed by atoms with Crippen LogP contribution >= 0.6 is 12.4 Å². The minimum atomic E-state index is -4.69. The summed E-state index contributed by atoms with van der Waals surface area (Å²) < 4.78 is 62.2. The number of nitrogens with two attached hydrogens (primary N) is 1. The molecule has 0 saturated heterocycles. The van der Waals surface area contributed by atoms with Crippen LogP contribution in [0.2, 0.25) is 0 Å². The highest BCUT2D eigenvalue weighted by atomic mass is 35.5. The molecule has 0 heterocycles. The number of aliphatic hydroxyl groups is 1. The third-order valence-corrected chi connectivity index (χ3v) is 2.24. The third kappa shape index (κ3) is 4.08. The zero-order valence-electron chi connectivity index (χ0n) is 8.92. The first kappa shape index (κ1) is 17.1. The van der Waals surface area contributed by atoms with Gasteiger partial charge in [0.2, 0.25) is 0 Å². The Hall–Kier alpha value is -0.920. The summed E-state index contributed by atoms with van der Waals surface area (Å²) in [6.45, 7) is 0. The van der Waals surface area contributed by atoms with Crippen LogP contribution in [0.15, 0.2) is 18.2 Å². The van der Waals surface area contributed by atoms with Crippen molar-refractivity contribution < 1.29 is 27.1 Å². The van der Waals surface area contributed by atoms with Gasteiger partial charge in [0.25, 0.3) is 0 Å². The van der Waals surface area contributed by atoms with E-state index in [2.05, 4.69) is 0 Å². The van der Waals surface area contributed by atoms with E-state index in [1.54, 1.807) is 0 Å². The molecule has 0 saturated carbocycles. The molecular formula is C10H11ClF5NO. The van der Waals surface area contributed by atoms with E-state index < -0.39 is 41.9 Å². The number of hydrogen-bond donors (Lipinski definition) is 2. The van der Waals surface area contributed by atoms with E-state index in [0.29, 0.717) is 0 Å². The van der Waals surface area contributed by atoms with Gasteiger partial charge in [-0.2, -0.15) is 13.2 Å². The number of benzene rings is 1. The van der Waals surface area contributed by atoms with Crippen molar-refractivity contribution in [2.75, 3.05) is 0 Å². The van der Waals surface area contributed by atoms with Crippen LogP contribution in [0, 0.1) is 11.6 Å². The van der Waals surface area contributed by atoms with Gasteiger partial charge in [0.1, 0.15) is 6.04 Å². The van der Waals surface area contributed by atoms with E-state index in [9.17, 15) is 27.1 Å². The molecular weight excluding hydrogens is 281 g/mol. The van der Waals surface area contributed by atoms with Crippen molar-refractivity contribution in [3.63, 3.8) is 0 Å². The molecule has 3 N–H and O–H groups in total. The molecule has 2 atom stereocenters. The van der Waals surface area contributed by atoms with E-state index in [1.165, 1.54) is 0 Å². The number of rotatable bonds is 3. The van der Waals surface area contributed by atoms with E-state index in [0.717, 1.165) is 18.2 Å². The number of alkyl halides is 3. The van der Waals surface area contributed by atoms with Gasteiger partial charge in [0, 0.05) is 12.0 Å². The third-order valence-electron chi connectivity index (χ3n) is 2.24. The Labute approximate surface area is 106 Å². The first-order valence-electron chi connectivity index (χ1n) is 4.67. The molecule has 0 unspecified atom stereocenters. The Morgan fingerprint density at radius 3 is 2.28 bits per heavy atom. The molecule has 0 radical (unpaired) electrons. The lowest BCUT2D eigenvalue weighted by Gasteiger charge is -2.19. The van der Waals surface area contributed by atoms with Crippen molar-refractivity contribution in [1.82, 2.24) is 0 Å². The summed E-state index contributed by atoms with van der Waals surface area (Å²) in [5.74, 6) is -2.60. The molecule has 0 fully saturated rings. The lowest BCUT2D eigenvalue weighted by Crippen LogP contribution is -2.38. The van der Waals surface area contributed by atoms with Crippen LogP contribution in [0.3, 0.4) is 0 Å². The van der Waals surface area contributed by atoms with Crippen LogP contribution in [0.5, 0.6) is 0 Å². The maximum atomic E-state index is 13.1. The fraction of sp³-hybridized carbons (Fsp3) is 0.400. The van der Waals surface area contributed by atoms with Crippen molar-refractivity contribution >= 4 is 12.4 Å². The van der Waals surface area contributed by atoms with Gasteiger partial charge < -0.3 is 10.8 Å². The number of halogens is 6. The predicted molar refractivity (Wildman–Crippen MR) is 57.2 cm³/mol. The maximum absolute atomic E-state index is 13.1. The molecule has 0 bridgehead atoms. The maximum Gasteiger partial charge on any atom is 0.403 e. The highest BCUT2D eigenvalue weighted by molar-refractivity contribution is 5.85. The molecule has 0 spiro atoms. The topological polar surface area (TPSA) is 46.2 Å². The lowest BCUT2D eigenvalue weighted by atomic mass is 10.0. The van der Waals surface area contributed by atoms with Crippen molar-refractivity contribution in [3.05, 3.63) is 35.4 Å². The first-order chi connectivity index (χ1) is 7.73. The molecule has 2 nitrogen and oxygen atoms in total. The lowest BCUT2D eigenvalue weighted by molar-refractivity contribution is -0.154. The van der Waals surface area contributed by atoms with Gasteiger partial charge in [-0.3, -0.25) is 0 Å². The van der Waals surface area contributed by atoms with E-state index in [4.69, 9.17) is 5.73 Å². The molecule has 0 aromatic heterocycles. The quantitative estimate of drug-likeness (QED) is 0.841. The van der Waals surface area contributed by atoms with E-state index in [-0.39, 0.29) is 12.4 Å². The molecule has 1 aromatic carbocycles. The van der Waals surface area contributed by atoms with E-state index >= 15 is 0 Å². The van der Waals surface area contributed by atoms with Gasteiger partial charge in [-0.25, -0.2) is 8.78 Å². The fourth-order valence-corrected chi connectivity index (χ4v) is 1.28. The SMILES string of the molecule is Cl.N[C@H](C[C@H](O)c1cccc(F)c1F)C(F)(F)F. The highest BCUT2D eigenvalue weighted by Gasteiger charge is 2.38. The van der Waals surface area contributed by atoms with Crippen molar-refractivity contribution in [2.24, 2.45) is 5.73 Å². The summed E-state index contributed by atoms with van der Waals surface area (Å²) >= 11 is 0. The molecule has 1 rings (SSSR count). The highest BCUT2D eigenvalue weighted by Crippen LogP contribution is 2.28. The minimum Gasteiger partial charge on any atom is -0.388 e. The molecule has 0 aliphatic heterocycles. The second-order valence-electron chi connectivity index (χ2n) is 3.54. The summed E-state index contributed by atoms with van der Waals surface area (Å²) in [7, 11) is 0. The van der Waals surface area contributed by atoms with Crippen LogP contribution < -0.4 is 5.73 Å². The smallest absolute Gasteiger partial charge is 0.388 e. The molecule has 0 amide bonds. The van der Waals surface area contributed by atoms with Gasteiger partial charge in [0.15, 0.2) is 11.6 Å². The Kier molecular flexibility index (Phi) is 5.98. The summed E-state index contributed by atoms with van der Waals surface area (Å²) in [6, 6.07) is 0.609. The van der Waals surface area contributed by atoms with Gasteiger partial charge in [-0.05, 0) is 6.07 Å². The van der Waals surface area contributed by atoms with Crippen LogP contribution in [0.4, 0.5) is 22.0 Å². The zero-order chi connectivity index (χ0) is 13.2. The second kappa shape index (κ2) is 6.31. The van der Waals surface area contributed by atoms with Gasteiger partial charge in [0.05, 0.1) is 6.10 Å². The van der Waals surface area contributed by atoms with Gasteiger partial charge in [-0.1, -0.05) is 12.1 Å². The van der Waals surface area contributed by atoms with Crippen molar-refractivity contribution in [3.8, 4) is 0 Å². The summed E-state index contributed by atoms with van der Waals surface area (Å²) in [5.41, 5.74) is 4.24. The monoisotopic (exact) mass is 291 g/mol. The van der Waals surface area contributed by atoms with Gasteiger partial charge in [-0.15, -0.1) is 12.4 Å². The molecule has 8 heteroatoms. The van der Waals surface area contributed by atoms with Crippen LogP contribution in [-0.4, -0.2) is 17.3 Å². The standard InChI is InChI=1S/C10H10F5NO.ClH/c11-6-3-1-2-5(9(6)12)7(17)4-8(16)10(13,14)15;/h1-3,7-8,17H,4,16H2;1H/t7-,8+;/m0./s1. The summed E-state index contributed by atoms with van der Waals surface area (Å²) in [4.78, 5) is 0. The second-order valence-corrected chi connectivity index (χ2v) is 3.54. The fourth-order valence-electron chi connectivity index (χ4n) is 1.28. The predicted octanol–water partition coefficient (Wildman–Crippen LogP) is 2.70. The molecule has 0 aliphatic rings. The molecule has 18 heavy (non-hydrogen) atoms. The van der Waals surface area contributed by atoms with Crippen molar-refractivity contribution in [1.29, 1.82) is 0 Å². The average Bonchev–Trinajstić information content (AvgIpc) is 2.20. The zero-order valence-corrected chi connectivity index (χ0v) is 9.73. The average molecular weight is 292 g/mol. The molecule has 1 aromatic rings. The number of aliphatic hydroxyl groups excluding tert-OH is 1. The molecule has 0 aliphatic carbocycles. The Morgan fingerprint density at radius 1 is 1.22 bits per heavy atom. The Bertz CT molecular complexity index is 398. The van der Waals surface area contributed by atoms with Crippen LogP contribution in [0.25, 0.3) is 0 Å².